The molecule has 0 atom stereocenters. The summed E-state index contributed by atoms with van der Waals surface area (Å²) in [4.78, 5) is 12.9. The lowest BCUT2D eigenvalue weighted by atomic mass is 10.1. The lowest BCUT2D eigenvalue weighted by Crippen LogP contribution is -2.13. The summed E-state index contributed by atoms with van der Waals surface area (Å²) >= 11 is 0. The van der Waals surface area contributed by atoms with E-state index in [0.29, 0.717) is 35.7 Å². The van der Waals surface area contributed by atoms with Crippen LogP contribution < -0.4 is 19.8 Å². The number of hydrogen-bond acceptors (Lipinski definition) is 5. The lowest BCUT2D eigenvalue weighted by Gasteiger charge is -2.16. The van der Waals surface area contributed by atoms with Gasteiger partial charge in [0.2, 0.25) is 5.75 Å². The van der Waals surface area contributed by atoms with Crippen LogP contribution in [0, 0.1) is 0 Å². The zero-order valence-corrected chi connectivity index (χ0v) is 21.0. The van der Waals surface area contributed by atoms with E-state index < -0.39 is 5.63 Å². The van der Waals surface area contributed by atoms with E-state index in [1.54, 1.807) is 6.07 Å². The van der Waals surface area contributed by atoms with Gasteiger partial charge in [0.25, 0.3) is 0 Å². The highest BCUT2D eigenvalue weighted by atomic mass is 16.5. The van der Waals surface area contributed by atoms with Crippen LogP contribution in [0.3, 0.4) is 0 Å². The van der Waals surface area contributed by atoms with E-state index in [0.717, 1.165) is 25.7 Å². The molecular weight excluding hydrogens is 416 g/mol. The summed E-state index contributed by atoms with van der Waals surface area (Å²) in [6.07, 6.45) is 15.6. The van der Waals surface area contributed by atoms with Crippen molar-refractivity contribution in [1.82, 2.24) is 0 Å². The molecule has 33 heavy (non-hydrogen) atoms. The van der Waals surface area contributed by atoms with Crippen molar-refractivity contribution < 1.29 is 18.6 Å². The van der Waals surface area contributed by atoms with Crippen molar-refractivity contribution in [1.29, 1.82) is 0 Å². The van der Waals surface area contributed by atoms with Gasteiger partial charge in [0.05, 0.1) is 24.7 Å². The maximum atomic E-state index is 12.9. The van der Waals surface area contributed by atoms with Crippen molar-refractivity contribution >= 4 is 11.0 Å². The molecule has 0 saturated carbocycles. The van der Waals surface area contributed by atoms with Crippen LogP contribution in [0.5, 0.6) is 17.2 Å². The van der Waals surface area contributed by atoms with E-state index in [2.05, 4.69) is 26.0 Å². The summed E-state index contributed by atoms with van der Waals surface area (Å²) < 4.78 is 23.5. The summed E-state index contributed by atoms with van der Waals surface area (Å²) in [6.45, 7) is 9.14. The molecule has 0 N–H and O–H groups in total. The third kappa shape index (κ3) is 9.15. The van der Waals surface area contributed by atoms with Crippen molar-refractivity contribution in [2.45, 2.75) is 98.0 Å². The zero-order valence-electron chi connectivity index (χ0n) is 21.0. The van der Waals surface area contributed by atoms with Gasteiger partial charge < -0.3 is 18.6 Å². The maximum Gasteiger partial charge on any atom is 0.383 e. The number of unbranched alkanes of at least 4 members (excludes halogenated alkanes) is 7. The monoisotopic (exact) mass is 458 g/mol. The first-order valence-corrected chi connectivity index (χ1v) is 12.8. The van der Waals surface area contributed by atoms with E-state index in [1.807, 2.05) is 26.0 Å². The van der Waals surface area contributed by atoms with Gasteiger partial charge >= 0.3 is 5.63 Å². The van der Waals surface area contributed by atoms with Gasteiger partial charge in [-0.15, -0.1) is 0 Å². The molecule has 184 valence electrons. The fourth-order valence-corrected chi connectivity index (χ4v) is 3.69. The molecule has 5 heteroatoms. The van der Waals surface area contributed by atoms with E-state index in [4.69, 9.17) is 18.6 Å². The molecule has 0 saturated heterocycles. The Morgan fingerprint density at radius 2 is 1.58 bits per heavy atom. The number of benzene rings is 1. The third-order valence-electron chi connectivity index (χ3n) is 5.35. The molecule has 1 aromatic carbocycles. The number of rotatable bonds is 17. The van der Waals surface area contributed by atoms with Crippen LogP contribution in [-0.4, -0.2) is 19.3 Å². The second kappa shape index (κ2) is 15.4. The first-order valence-electron chi connectivity index (χ1n) is 12.8. The lowest BCUT2D eigenvalue weighted by molar-refractivity contribution is 0.238. The van der Waals surface area contributed by atoms with Crippen molar-refractivity contribution in [2.24, 2.45) is 0 Å². The van der Waals surface area contributed by atoms with E-state index in [-0.39, 0.29) is 11.9 Å². The normalized spacial score (nSPS) is 11.5. The van der Waals surface area contributed by atoms with Crippen molar-refractivity contribution in [2.75, 3.05) is 13.2 Å². The van der Waals surface area contributed by atoms with Gasteiger partial charge in [-0.25, -0.2) is 4.79 Å². The summed E-state index contributed by atoms with van der Waals surface area (Å²) in [5.41, 5.74) is -0.129. The Bertz CT molecular complexity index is 897. The Balaban J connectivity index is 2.12. The van der Waals surface area contributed by atoms with E-state index >= 15 is 0 Å². The molecule has 5 nitrogen and oxygen atoms in total. The average Bonchev–Trinajstić information content (AvgIpc) is 2.79. The van der Waals surface area contributed by atoms with Gasteiger partial charge in [-0.3, -0.25) is 0 Å². The van der Waals surface area contributed by atoms with Crippen LogP contribution in [-0.2, 0) is 0 Å². The van der Waals surface area contributed by atoms with Crippen LogP contribution in [0.4, 0.5) is 0 Å². The Kier molecular flexibility index (Phi) is 12.5. The number of allylic oxidation sites excluding steroid dienone is 1. The van der Waals surface area contributed by atoms with Crippen molar-refractivity contribution in [3.8, 4) is 17.2 Å². The molecule has 0 fully saturated rings. The quantitative estimate of drug-likeness (QED) is 0.137. The average molecular weight is 459 g/mol. The molecule has 0 aliphatic carbocycles. The molecule has 0 radical (unpaired) electrons. The van der Waals surface area contributed by atoms with Gasteiger partial charge in [0.1, 0.15) is 0 Å². The standard InChI is InChI=1S/C28H42O5/c1-5-7-9-11-12-13-14-16-21-31-27-26(30-20-15-10-8-6-2)23-18-17-19-24(32-22(3)4)25(23)33-28(27)29/h8,10,17-19,22H,5-7,9,11-16,20-21H2,1-4H3. The summed E-state index contributed by atoms with van der Waals surface area (Å²) in [5, 5.41) is 0.693. The second-order valence-corrected chi connectivity index (χ2v) is 8.69. The minimum Gasteiger partial charge on any atom is -0.488 e. The predicted octanol–water partition coefficient (Wildman–Crippen LogP) is 7.83. The minimum atomic E-state index is -0.527. The Labute approximate surface area is 199 Å². The van der Waals surface area contributed by atoms with Crippen LogP contribution in [0.15, 0.2) is 39.6 Å². The first kappa shape index (κ1) is 26.8. The molecule has 0 aliphatic rings. The topological polar surface area (TPSA) is 57.9 Å². The summed E-state index contributed by atoms with van der Waals surface area (Å²) in [7, 11) is 0. The van der Waals surface area contributed by atoms with Crippen molar-refractivity contribution in [3.63, 3.8) is 0 Å². The van der Waals surface area contributed by atoms with Crippen LogP contribution >= 0.6 is 0 Å². The highest BCUT2D eigenvalue weighted by molar-refractivity contribution is 5.89. The van der Waals surface area contributed by atoms with E-state index in [9.17, 15) is 4.79 Å². The zero-order chi connectivity index (χ0) is 23.9. The smallest absolute Gasteiger partial charge is 0.383 e. The molecular formula is C28H42O5. The fourth-order valence-electron chi connectivity index (χ4n) is 3.69. The van der Waals surface area contributed by atoms with Crippen molar-refractivity contribution in [3.05, 3.63) is 40.8 Å². The molecule has 0 unspecified atom stereocenters. The third-order valence-corrected chi connectivity index (χ3v) is 5.35. The first-order chi connectivity index (χ1) is 16.1. The van der Waals surface area contributed by atoms with Gasteiger partial charge in [0.15, 0.2) is 17.1 Å². The summed E-state index contributed by atoms with van der Waals surface area (Å²) in [5.74, 6) is 1.14. The molecule has 1 heterocycles. The SMILES string of the molecule is CCC=CCCOc1c(OCCCCCCCCCC)c(=O)oc2c(OC(C)C)cccc12. The highest BCUT2D eigenvalue weighted by Crippen LogP contribution is 2.37. The fraction of sp³-hybridized carbons (Fsp3) is 0.607. The predicted molar refractivity (Wildman–Crippen MR) is 136 cm³/mol. The Morgan fingerprint density at radius 3 is 2.27 bits per heavy atom. The molecule has 2 aromatic rings. The molecule has 1 aromatic heterocycles. The molecule has 2 rings (SSSR count). The Morgan fingerprint density at radius 1 is 0.879 bits per heavy atom. The number of ether oxygens (including phenoxy) is 3. The molecule has 0 spiro atoms. The maximum absolute atomic E-state index is 12.9. The van der Waals surface area contributed by atoms with Gasteiger partial charge in [-0.1, -0.05) is 77.0 Å². The number of para-hydroxylation sites is 1. The minimum absolute atomic E-state index is 0.0395. The van der Waals surface area contributed by atoms with Crippen LogP contribution in [0.1, 0.15) is 91.9 Å². The molecule has 0 bridgehead atoms. The van der Waals surface area contributed by atoms with Gasteiger partial charge in [-0.05, 0) is 45.2 Å². The van der Waals surface area contributed by atoms with Crippen LogP contribution in [0.2, 0.25) is 0 Å². The van der Waals surface area contributed by atoms with Gasteiger partial charge in [0, 0.05) is 0 Å². The molecule has 0 amide bonds. The van der Waals surface area contributed by atoms with E-state index in [1.165, 1.54) is 38.5 Å². The Hall–Kier alpha value is -2.43. The van der Waals surface area contributed by atoms with Crippen LogP contribution in [0.25, 0.3) is 11.0 Å². The highest BCUT2D eigenvalue weighted by Gasteiger charge is 2.20. The number of fused-ring (bicyclic) bond motifs is 1. The molecule has 0 aliphatic heterocycles. The number of hydrogen-bond donors (Lipinski definition) is 0. The largest absolute Gasteiger partial charge is 0.488 e. The second-order valence-electron chi connectivity index (χ2n) is 8.69. The summed E-state index contributed by atoms with van der Waals surface area (Å²) in [6, 6.07) is 5.57. The van der Waals surface area contributed by atoms with Gasteiger partial charge in [-0.2, -0.15) is 0 Å².